The second-order valence-corrected chi connectivity index (χ2v) is 8.52. The molecule has 0 aromatic heterocycles. The fraction of sp³-hybridized carbons (Fsp3) is 0.500. The van der Waals surface area contributed by atoms with Crippen LogP contribution in [-0.4, -0.2) is 60.5 Å². The molecule has 29 heavy (non-hydrogen) atoms. The Morgan fingerprint density at radius 1 is 1.21 bits per heavy atom. The fourth-order valence-corrected chi connectivity index (χ4v) is 5.09. The first-order chi connectivity index (χ1) is 13.9. The van der Waals surface area contributed by atoms with Gasteiger partial charge in [-0.2, -0.15) is 0 Å². The summed E-state index contributed by atoms with van der Waals surface area (Å²) in [6, 6.07) is 5.99. The second kappa shape index (κ2) is 6.42. The van der Waals surface area contributed by atoms with E-state index in [2.05, 4.69) is 5.32 Å². The third-order valence-electron chi connectivity index (χ3n) is 6.81. The van der Waals surface area contributed by atoms with Crippen LogP contribution in [0.2, 0.25) is 0 Å². The molecular formula is C22H25N3O4. The lowest BCUT2D eigenvalue weighted by Crippen LogP contribution is -2.47. The van der Waals surface area contributed by atoms with Crippen LogP contribution < -0.4 is 10.2 Å². The molecule has 4 heterocycles. The molecule has 4 aliphatic rings. The van der Waals surface area contributed by atoms with Gasteiger partial charge in [0.25, 0.3) is 0 Å². The molecule has 0 unspecified atom stereocenters. The molecule has 5 rings (SSSR count). The highest BCUT2D eigenvalue weighted by molar-refractivity contribution is 6.03. The van der Waals surface area contributed by atoms with Gasteiger partial charge < -0.3 is 19.9 Å². The highest BCUT2D eigenvalue weighted by Crippen LogP contribution is 2.53. The predicted molar refractivity (Wildman–Crippen MR) is 106 cm³/mol. The summed E-state index contributed by atoms with van der Waals surface area (Å²) in [7, 11) is 0. The van der Waals surface area contributed by atoms with Crippen LogP contribution in [0.3, 0.4) is 0 Å². The molecule has 0 radical (unpaired) electrons. The molecule has 1 aromatic carbocycles. The zero-order valence-electron chi connectivity index (χ0n) is 16.7. The summed E-state index contributed by atoms with van der Waals surface area (Å²) in [5, 5.41) is 2.79. The SMILES string of the molecule is Cc1ccc(N2C[C@]34C=C[C@H](O3)[C@H](C(=O)N3CCNC(=O)CC3)[C@@H]4C2=O)cc1C. The van der Waals surface area contributed by atoms with Crippen molar-refractivity contribution in [3.05, 3.63) is 41.5 Å². The van der Waals surface area contributed by atoms with Crippen LogP contribution in [0.4, 0.5) is 5.69 Å². The maximum absolute atomic E-state index is 13.5. The van der Waals surface area contributed by atoms with Gasteiger partial charge in [-0.15, -0.1) is 0 Å². The summed E-state index contributed by atoms with van der Waals surface area (Å²) in [6.45, 7) is 5.79. The normalized spacial score (nSPS) is 33.1. The van der Waals surface area contributed by atoms with Crippen molar-refractivity contribution in [2.75, 3.05) is 31.1 Å². The molecule has 3 amide bonds. The Bertz CT molecular complexity index is 942. The second-order valence-electron chi connectivity index (χ2n) is 8.52. The van der Waals surface area contributed by atoms with Gasteiger partial charge in [0.15, 0.2) is 0 Å². The molecule has 0 aliphatic carbocycles. The minimum absolute atomic E-state index is 0.0429. The number of fused-ring (bicyclic) bond motifs is 1. The number of rotatable bonds is 2. The van der Waals surface area contributed by atoms with Crippen LogP contribution in [0.15, 0.2) is 30.4 Å². The van der Waals surface area contributed by atoms with E-state index in [1.54, 1.807) is 9.80 Å². The van der Waals surface area contributed by atoms with E-state index in [-0.39, 0.29) is 23.8 Å². The van der Waals surface area contributed by atoms with Crippen LogP contribution in [-0.2, 0) is 19.1 Å². The number of ether oxygens (including phenoxy) is 1. The van der Waals surface area contributed by atoms with Crippen molar-refractivity contribution in [1.82, 2.24) is 10.2 Å². The first kappa shape index (κ1) is 18.4. The number of carbonyl (C=O) groups excluding carboxylic acids is 3. The quantitative estimate of drug-likeness (QED) is 0.756. The number of benzene rings is 1. The number of hydrogen-bond donors (Lipinski definition) is 1. The summed E-state index contributed by atoms with van der Waals surface area (Å²) in [6.07, 6.45) is 3.82. The molecule has 3 saturated heterocycles. The average molecular weight is 395 g/mol. The highest BCUT2D eigenvalue weighted by Gasteiger charge is 2.67. The van der Waals surface area contributed by atoms with Crippen molar-refractivity contribution >= 4 is 23.4 Å². The zero-order chi connectivity index (χ0) is 20.3. The number of nitrogens with one attached hydrogen (secondary N) is 1. The van der Waals surface area contributed by atoms with Gasteiger partial charge in [0, 0.05) is 31.7 Å². The van der Waals surface area contributed by atoms with E-state index in [9.17, 15) is 14.4 Å². The van der Waals surface area contributed by atoms with Gasteiger partial charge in [0.05, 0.1) is 24.5 Å². The summed E-state index contributed by atoms with van der Waals surface area (Å²) in [4.78, 5) is 41.9. The van der Waals surface area contributed by atoms with Crippen LogP contribution in [0.25, 0.3) is 0 Å². The Balaban J connectivity index is 1.44. The van der Waals surface area contributed by atoms with Crippen molar-refractivity contribution in [3.8, 4) is 0 Å². The topological polar surface area (TPSA) is 79.0 Å². The number of anilines is 1. The standard InChI is InChI=1S/C22H25N3O4/c1-13-3-4-15(11-14(13)2)25-12-22-7-5-16(29-22)18(19(22)21(25)28)20(27)24-9-6-17(26)23-8-10-24/h3-5,7,11,16,18-19H,6,8-10,12H2,1-2H3,(H,23,26)/t16-,18-,19+,22-/m0/s1. The molecule has 2 bridgehead atoms. The Morgan fingerprint density at radius 2 is 2.03 bits per heavy atom. The molecule has 0 saturated carbocycles. The summed E-state index contributed by atoms with van der Waals surface area (Å²) < 4.78 is 6.23. The van der Waals surface area contributed by atoms with Crippen LogP contribution in [0.5, 0.6) is 0 Å². The molecule has 152 valence electrons. The van der Waals surface area contributed by atoms with Crippen molar-refractivity contribution < 1.29 is 19.1 Å². The van der Waals surface area contributed by atoms with Crippen molar-refractivity contribution in [3.63, 3.8) is 0 Å². The lowest BCUT2D eigenvalue weighted by molar-refractivity contribution is -0.140. The maximum atomic E-state index is 13.5. The Morgan fingerprint density at radius 3 is 2.83 bits per heavy atom. The highest BCUT2D eigenvalue weighted by atomic mass is 16.5. The molecular weight excluding hydrogens is 370 g/mol. The van der Waals surface area contributed by atoms with Gasteiger partial charge >= 0.3 is 0 Å². The lowest BCUT2D eigenvalue weighted by Gasteiger charge is -2.29. The van der Waals surface area contributed by atoms with E-state index in [1.807, 2.05) is 44.2 Å². The number of carbonyl (C=O) groups is 3. The molecule has 1 spiro atoms. The van der Waals surface area contributed by atoms with Gasteiger partial charge in [-0.25, -0.2) is 0 Å². The van der Waals surface area contributed by atoms with Crippen LogP contribution >= 0.6 is 0 Å². The Kier molecular flexibility index (Phi) is 4.07. The van der Waals surface area contributed by atoms with Crippen molar-refractivity contribution in [2.45, 2.75) is 32.0 Å². The minimum Gasteiger partial charge on any atom is -0.360 e. The van der Waals surface area contributed by atoms with Crippen LogP contribution in [0, 0.1) is 25.7 Å². The van der Waals surface area contributed by atoms with Gasteiger partial charge in [-0.3, -0.25) is 14.4 Å². The summed E-state index contributed by atoms with van der Waals surface area (Å²) in [5.74, 6) is -1.23. The molecule has 4 aliphatic heterocycles. The van der Waals surface area contributed by atoms with E-state index in [0.717, 1.165) is 11.3 Å². The van der Waals surface area contributed by atoms with E-state index in [1.165, 1.54) is 5.56 Å². The third kappa shape index (κ3) is 2.71. The average Bonchev–Trinajstić information content (AvgIpc) is 3.28. The largest absolute Gasteiger partial charge is 0.360 e. The molecule has 1 N–H and O–H groups in total. The van der Waals surface area contributed by atoms with E-state index >= 15 is 0 Å². The minimum atomic E-state index is -0.735. The molecule has 3 fully saturated rings. The number of aryl methyl sites for hydroxylation is 2. The zero-order valence-corrected chi connectivity index (χ0v) is 16.7. The third-order valence-corrected chi connectivity index (χ3v) is 6.81. The van der Waals surface area contributed by atoms with Crippen molar-refractivity contribution in [2.24, 2.45) is 11.8 Å². The van der Waals surface area contributed by atoms with Gasteiger partial charge in [-0.05, 0) is 37.1 Å². The monoisotopic (exact) mass is 395 g/mol. The van der Waals surface area contributed by atoms with Gasteiger partial charge in [-0.1, -0.05) is 18.2 Å². The van der Waals surface area contributed by atoms with E-state index in [4.69, 9.17) is 4.74 Å². The van der Waals surface area contributed by atoms with Crippen LogP contribution in [0.1, 0.15) is 17.5 Å². The van der Waals surface area contributed by atoms with Gasteiger partial charge in [0.1, 0.15) is 5.60 Å². The number of hydrogen-bond acceptors (Lipinski definition) is 4. The molecule has 7 nitrogen and oxygen atoms in total. The molecule has 7 heteroatoms. The predicted octanol–water partition coefficient (Wildman–Crippen LogP) is 0.938. The van der Waals surface area contributed by atoms with E-state index < -0.39 is 17.4 Å². The van der Waals surface area contributed by atoms with Crippen molar-refractivity contribution in [1.29, 1.82) is 0 Å². The number of amides is 3. The van der Waals surface area contributed by atoms with E-state index in [0.29, 0.717) is 32.6 Å². The van der Waals surface area contributed by atoms with Gasteiger partial charge in [0.2, 0.25) is 17.7 Å². The number of nitrogens with zero attached hydrogens (tertiary/aromatic N) is 2. The summed E-state index contributed by atoms with van der Waals surface area (Å²) in [5.41, 5.74) is 2.41. The molecule has 4 atom stereocenters. The molecule has 1 aromatic rings. The summed E-state index contributed by atoms with van der Waals surface area (Å²) >= 11 is 0. The smallest absolute Gasteiger partial charge is 0.234 e. The first-order valence-electron chi connectivity index (χ1n) is 10.2. The Labute approximate surface area is 169 Å². The lowest BCUT2D eigenvalue weighted by atomic mass is 9.76. The maximum Gasteiger partial charge on any atom is 0.234 e. The first-order valence-corrected chi connectivity index (χ1v) is 10.2. The Hall–Kier alpha value is -2.67. The fourth-order valence-electron chi connectivity index (χ4n) is 5.09.